The van der Waals surface area contributed by atoms with Gasteiger partial charge in [-0.3, -0.25) is 0 Å². The zero-order valence-electron chi connectivity index (χ0n) is 11.5. The molecule has 2 rings (SSSR count). The molecule has 0 saturated carbocycles. The molecule has 4 nitrogen and oxygen atoms in total. The van der Waals surface area contributed by atoms with Crippen LogP contribution in [0.25, 0.3) is 0 Å². The third kappa shape index (κ3) is 3.26. The number of hydrogen-bond donors (Lipinski definition) is 1. The van der Waals surface area contributed by atoms with Crippen LogP contribution in [0.15, 0.2) is 16.7 Å². The van der Waals surface area contributed by atoms with E-state index in [-0.39, 0.29) is 5.56 Å². The van der Waals surface area contributed by atoms with Crippen molar-refractivity contribution in [3.05, 3.63) is 45.4 Å². The molecule has 2 aromatic rings. The number of nitrogens with one attached hydrogen (secondary N) is 1. The second-order valence-corrected chi connectivity index (χ2v) is 5.31. The van der Waals surface area contributed by atoms with Crippen LogP contribution in [0.5, 0.6) is 0 Å². The molecule has 0 amide bonds. The van der Waals surface area contributed by atoms with Crippen molar-refractivity contribution in [1.82, 2.24) is 20.3 Å². The summed E-state index contributed by atoms with van der Waals surface area (Å²) in [5, 5.41) is 10.7. The van der Waals surface area contributed by atoms with Crippen LogP contribution in [0.3, 0.4) is 0 Å². The summed E-state index contributed by atoms with van der Waals surface area (Å²) in [5.74, 6) is -2.85. The van der Waals surface area contributed by atoms with Crippen molar-refractivity contribution in [2.24, 2.45) is 7.05 Å². The van der Waals surface area contributed by atoms with Crippen molar-refractivity contribution < 1.29 is 13.2 Å². The minimum Gasteiger partial charge on any atom is -0.305 e. The Bertz CT molecular complexity index is 602. The summed E-state index contributed by atoms with van der Waals surface area (Å²) in [4.78, 5) is 0. The second-order valence-electron chi connectivity index (χ2n) is 4.56. The number of benzene rings is 1. The molecule has 21 heavy (non-hydrogen) atoms. The molecular weight excluding hydrogens is 349 g/mol. The molecule has 0 bridgehead atoms. The zero-order valence-corrected chi connectivity index (χ0v) is 13.1. The fourth-order valence-corrected chi connectivity index (χ4v) is 2.65. The Kier molecular flexibility index (Phi) is 5.00. The van der Waals surface area contributed by atoms with E-state index < -0.39 is 23.5 Å². The van der Waals surface area contributed by atoms with E-state index >= 15 is 0 Å². The quantitative estimate of drug-likeness (QED) is 0.888. The van der Waals surface area contributed by atoms with Crippen LogP contribution >= 0.6 is 15.9 Å². The standard InChI is InChI=1S/C13H14BrF3N4/c1-3-4-18-11(12-13(14)19-20-21(12)2)10-8(16)5-7(15)6-9(10)17/h5-6,11,18H,3-4H2,1-2H3. The first-order valence-corrected chi connectivity index (χ1v) is 7.17. The lowest BCUT2D eigenvalue weighted by Gasteiger charge is -2.20. The average molecular weight is 363 g/mol. The maximum atomic E-state index is 14.1. The summed E-state index contributed by atoms with van der Waals surface area (Å²) in [6.45, 7) is 2.45. The van der Waals surface area contributed by atoms with Gasteiger partial charge in [0.1, 0.15) is 17.5 Å². The first kappa shape index (κ1) is 16.0. The van der Waals surface area contributed by atoms with Crippen molar-refractivity contribution in [3.63, 3.8) is 0 Å². The van der Waals surface area contributed by atoms with Gasteiger partial charge < -0.3 is 5.32 Å². The van der Waals surface area contributed by atoms with Crippen molar-refractivity contribution in [3.8, 4) is 0 Å². The SMILES string of the molecule is CCCNC(c1c(F)cc(F)cc1F)c1c(Br)nnn1C. The first-order valence-electron chi connectivity index (χ1n) is 6.38. The highest BCUT2D eigenvalue weighted by molar-refractivity contribution is 9.10. The smallest absolute Gasteiger partial charge is 0.153 e. The van der Waals surface area contributed by atoms with E-state index in [1.165, 1.54) is 4.68 Å². The normalized spacial score (nSPS) is 12.7. The molecule has 1 unspecified atom stereocenters. The summed E-state index contributed by atoms with van der Waals surface area (Å²) in [6.07, 6.45) is 0.768. The van der Waals surface area contributed by atoms with Gasteiger partial charge in [0.2, 0.25) is 0 Å². The Morgan fingerprint density at radius 3 is 2.38 bits per heavy atom. The number of aromatic nitrogens is 3. The van der Waals surface area contributed by atoms with Crippen LogP contribution in [0.2, 0.25) is 0 Å². The van der Waals surface area contributed by atoms with Crippen molar-refractivity contribution in [2.45, 2.75) is 19.4 Å². The van der Waals surface area contributed by atoms with E-state index in [1.807, 2.05) is 6.92 Å². The minimum absolute atomic E-state index is 0.254. The second kappa shape index (κ2) is 6.57. The predicted molar refractivity (Wildman–Crippen MR) is 75.2 cm³/mol. The number of rotatable bonds is 5. The molecule has 0 spiro atoms. The summed E-state index contributed by atoms with van der Waals surface area (Å²) in [5.41, 5.74) is 0.212. The Morgan fingerprint density at radius 2 is 1.90 bits per heavy atom. The van der Waals surface area contributed by atoms with Gasteiger partial charge in [-0.15, -0.1) is 5.10 Å². The molecule has 1 aromatic heterocycles. The zero-order chi connectivity index (χ0) is 15.6. The maximum absolute atomic E-state index is 14.1. The molecule has 1 N–H and O–H groups in total. The fourth-order valence-electron chi connectivity index (χ4n) is 2.10. The van der Waals surface area contributed by atoms with E-state index in [0.717, 1.165) is 6.42 Å². The number of hydrogen-bond acceptors (Lipinski definition) is 3. The van der Waals surface area contributed by atoms with Gasteiger partial charge in [-0.2, -0.15) is 0 Å². The van der Waals surface area contributed by atoms with Crippen molar-refractivity contribution in [1.29, 1.82) is 0 Å². The van der Waals surface area contributed by atoms with Gasteiger partial charge >= 0.3 is 0 Å². The Balaban J connectivity index is 2.56. The summed E-state index contributed by atoms with van der Waals surface area (Å²) >= 11 is 3.22. The third-order valence-electron chi connectivity index (χ3n) is 3.03. The number of aryl methyl sites for hydroxylation is 1. The number of nitrogens with zero attached hydrogens (tertiary/aromatic N) is 3. The Hall–Kier alpha value is -1.41. The van der Waals surface area contributed by atoms with Gasteiger partial charge in [0.15, 0.2) is 4.60 Å². The topological polar surface area (TPSA) is 42.7 Å². The van der Waals surface area contributed by atoms with Crippen LogP contribution < -0.4 is 5.32 Å². The van der Waals surface area contributed by atoms with Gasteiger partial charge in [-0.05, 0) is 28.9 Å². The first-order chi connectivity index (χ1) is 9.95. The van der Waals surface area contributed by atoms with Gasteiger partial charge in [0.05, 0.1) is 11.7 Å². The van der Waals surface area contributed by atoms with E-state index in [9.17, 15) is 13.2 Å². The average Bonchev–Trinajstić information content (AvgIpc) is 2.72. The molecule has 8 heteroatoms. The molecule has 114 valence electrons. The van der Waals surface area contributed by atoms with Crippen LogP contribution in [-0.4, -0.2) is 21.5 Å². The molecule has 0 fully saturated rings. The van der Waals surface area contributed by atoms with Crippen molar-refractivity contribution in [2.75, 3.05) is 6.54 Å². The maximum Gasteiger partial charge on any atom is 0.153 e. The highest BCUT2D eigenvalue weighted by atomic mass is 79.9. The monoisotopic (exact) mass is 362 g/mol. The largest absolute Gasteiger partial charge is 0.305 e. The molecule has 1 aromatic carbocycles. The summed E-state index contributed by atoms with van der Waals surface area (Å²) in [6, 6.07) is 0.507. The lowest BCUT2D eigenvalue weighted by Crippen LogP contribution is -2.27. The van der Waals surface area contributed by atoms with Gasteiger partial charge in [0.25, 0.3) is 0 Å². The lowest BCUT2D eigenvalue weighted by atomic mass is 10.0. The highest BCUT2D eigenvalue weighted by Gasteiger charge is 2.27. The molecule has 0 saturated heterocycles. The molecule has 0 radical (unpaired) electrons. The highest BCUT2D eigenvalue weighted by Crippen LogP contribution is 2.30. The molecule has 0 aliphatic rings. The van der Waals surface area contributed by atoms with Gasteiger partial charge in [-0.1, -0.05) is 12.1 Å². The van der Waals surface area contributed by atoms with E-state index in [2.05, 4.69) is 31.6 Å². The minimum atomic E-state index is -0.954. The lowest BCUT2D eigenvalue weighted by molar-refractivity contribution is 0.472. The Labute approximate surface area is 128 Å². The molecule has 0 aliphatic heterocycles. The number of halogens is 4. The third-order valence-corrected chi connectivity index (χ3v) is 3.60. The molecule has 0 aliphatic carbocycles. The van der Waals surface area contributed by atoms with Crippen LogP contribution in [-0.2, 0) is 7.05 Å². The summed E-state index contributed by atoms with van der Waals surface area (Å²) < 4.78 is 43.0. The Morgan fingerprint density at radius 1 is 1.29 bits per heavy atom. The molecule has 1 atom stereocenters. The van der Waals surface area contributed by atoms with Crippen LogP contribution in [0.4, 0.5) is 13.2 Å². The predicted octanol–water partition coefficient (Wildman–Crippen LogP) is 3.08. The molecular formula is C13H14BrF3N4. The van der Waals surface area contributed by atoms with E-state index in [0.29, 0.717) is 29.0 Å². The van der Waals surface area contributed by atoms with Crippen LogP contribution in [0.1, 0.15) is 30.6 Å². The fraction of sp³-hybridized carbons (Fsp3) is 0.385. The van der Waals surface area contributed by atoms with Gasteiger partial charge in [-0.25, -0.2) is 17.9 Å². The van der Waals surface area contributed by atoms with E-state index in [1.54, 1.807) is 7.05 Å². The van der Waals surface area contributed by atoms with E-state index in [4.69, 9.17) is 0 Å². The van der Waals surface area contributed by atoms with Crippen molar-refractivity contribution >= 4 is 15.9 Å². The summed E-state index contributed by atoms with van der Waals surface area (Å²) in [7, 11) is 1.62. The molecule has 1 heterocycles. The van der Waals surface area contributed by atoms with Gasteiger partial charge in [0, 0.05) is 24.7 Å². The van der Waals surface area contributed by atoms with Crippen LogP contribution in [0, 0.1) is 17.5 Å².